The minimum Gasteiger partial charge on any atom is -0.494 e. The molecule has 5 N–H and O–H groups in total. The number of benzene rings is 1. The number of primary amides is 1. The van der Waals surface area contributed by atoms with Gasteiger partial charge in [-0.15, -0.1) is 0 Å². The smallest absolute Gasteiger partial charge is 0.404 e. The highest BCUT2D eigenvalue weighted by Gasteiger charge is 2.47. The molecule has 5 rings (SSSR count). The van der Waals surface area contributed by atoms with Crippen LogP contribution in [-0.4, -0.2) is 85.3 Å². The molecule has 1 fully saturated rings. The summed E-state index contributed by atoms with van der Waals surface area (Å²) >= 11 is 6.47. The third kappa shape index (κ3) is 6.32. The SMILES string of the molecule is CCN1C(=O)C(NC(=O)CN(C)C)CCc2c1ccc(Nc1ncc(Cl)c(NC3[C@@H](OC(N)=O)[C@@H]4C=C[C@H]3C4)n1)c2OC. The van der Waals surface area contributed by atoms with Gasteiger partial charge in [0.15, 0.2) is 5.82 Å². The van der Waals surface area contributed by atoms with Gasteiger partial charge in [0, 0.05) is 23.9 Å². The number of hydrogen-bond donors (Lipinski definition) is 4. The molecule has 2 aromatic rings. The van der Waals surface area contributed by atoms with Gasteiger partial charge in [0.1, 0.15) is 22.9 Å². The summed E-state index contributed by atoms with van der Waals surface area (Å²) in [4.78, 5) is 49.8. The zero-order valence-electron chi connectivity index (χ0n) is 24.6. The second-order valence-corrected chi connectivity index (χ2v) is 11.6. The summed E-state index contributed by atoms with van der Waals surface area (Å²) in [6, 6.07) is 2.76. The number of rotatable bonds is 10. The Balaban J connectivity index is 1.38. The molecule has 2 aliphatic carbocycles. The topological polar surface area (TPSA) is 164 Å². The quantitative estimate of drug-likeness (QED) is 0.293. The Hall–Kier alpha value is -4.10. The molecule has 0 saturated heterocycles. The third-order valence-corrected chi connectivity index (χ3v) is 8.30. The lowest BCUT2D eigenvalue weighted by molar-refractivity contribution is -0.128. The van der Waals surface area contributed by atoms with Crippen molar-refractivity contribution < 1.29 is 23.9 Å². The van der Waals surface area contributed by atoms with Gasteiger partial charge in [-0.25, -0.2) is 9.78 Å². The van der Waals surface area contributed by atoms with Crippen molar-refractivity contribution in [3.63, 3.8) is 0 Å². The first-order valence-corrected chi connectivity index (χ1v) is 14.6. The van der Waals surface area contributed by atoms with Gasteiger partial charge in [0.2, 0.25) is 17.8 Å². The Labute approximate surface area is 255 Å². The average molecular weight is 613 g/mol. The molecule has 1 aromatic heterocycles. The van der Waals surface area contributed by atoms with Crippen LogP contribution in [0, 0.1) is 11.8 Å². The van der Waals surface area contributed by atoms with Crippen LogP contribution in [0.1, 0.15) is 25.3 Å². The van der Waals surface area contributed by atoms with E-state index in [-0.39, 0.29) is 42.2 Å². The number of carbonyl (C=O) groups excluding carboxylic acids is 3. The molecule has 13 nitrogen and oxygen atoms in total. The first-order chi connectivity index (χ1) is 20.6. The minimum absolute atomic E-state index is 0.0764. The van der Waals surface area contributed by atoms with Gasteiger partial charge >= 0.3 is 6.09 Å². The van der Waals surface area contributed by atoms with Crippen LogP contribution < -0.4 is 31.3 Å². The molecule has 5 atom stereocenters. The number of fused-ring (bicyclic) bond motifs is 3. The van der Waals surface area contributed by atoms with Crippen molar-refractivity contribution in [1.82, 2.24) is 20.2 Å². The molecule has 3 aliphatic rings. The fraction of sp³-hybridized carbons (Fsp3) is 0.483. The molecular formula is C29H37ClN8O5. The number of halogens is 1. The Morgan fingerprint density at radius 3 is 2.70 bits per heavy atom. The van der Waals surface area contributed by atoms with Gasteiger partial charge in [-0.3, -0.25) is 9.59 Å². The highest BCUT2D eigenvalue weighted by atomic mass is 35.5. The first kappa shape index (κ1) is 30.4. The minimum atomic E-state index is -0.824. The fourth-order valence-electron chi connectivity index (χ4n) is 6.22. The maximum atomic E-state index is 13.4. The summed E-state index contributed by atoms with van der Waals surface area (Å²) in [6.07, 6.45) is 6.13. The average Bonchev–Trinajstić information content (AvgIpc) is 3.52. The van der Waals surface area contributed by atoms with Crippen molar-refractivity contribution in [1.29, 1.82) is 0 Å². The van der Waals surface area contributed by atoms with E-state index in [1.807, 2.05) is 19.1 Å². The van der Waals surface area contributed by atoms with Crippen LogP contribution in [0.2, 0.25) is 5.02 Å². The Morgan fingerprint density at radius 2 is 2.00 bits per heavy atom. The summed E-state index contributed by atoms with van der Waals surface area (Å²) in [6.45, 7) is 2.51. The maximum Gasteiger partial charge on any atom is 0.404 e. The molecular weight excluding hydrogens is 576 g/mol. The number of hydrogen-bond acceptors (Lipinski definition) is 10. The molecule has 3 amide bonds. The molecule has 230 valence electrons. The largest absolute Gasteiger partial charge is 0.494 e. The molecule has 0 spiro atoms. The molecule has 2 unspecified atom stereocenters. The van der Waals surface area contributed by atoms with Crippen LogP contribution in [0.15, 0.2) is 30.5 Å². The standard InChI is InChI=1S/C29H37ClN8O5/c1-5-38-21-11-10-19(25(42-4)17(21)8-9-20(27(38)40)33-22(39)14-37(2)3)34-29-32-13-18(30)26(36-29)35-23-15-6-7-16(12-15)24(23)43-28(31)41/h6-7,10-11,13,15-16,20,23-24H,5,8-9,12,14H2,1-4H3,(H2,31,41)(H,33,39)(H2,32,34,35,36)/t15-,16+,20?,23?,24-/m0/s1. The Bertz CT molecular complexity index is 1440. The van der Waals surface area contributed by atoms with Gasteiger partial charge in [-0.1, -0.05) is 23.8 Å². The molecule has 14 heteroatoms. The zero-order chi connectivity index (χ0) is 30.8. The number of nitrogens with one attached hydrogen (secondary N) is 3. The Kier molecular flexibility index (Phi) is 8.92. The van der Waals surface area contributed by atoms with Crippen molar-refractivity contribution in [3.05, 3.63) is 41.1 Å². The predicted octanol–water partition coefficient (Wildman–Crippen LogP) is 2.68. The highest BCUT2D eigenvalue weighted by molar-refractivity contribution is 6.32. The number of anilines is 4. The van der Waals surface area contributed by atoms with Crippen LogP contribution in [0.5, 0.6) is 5.75 Å². The second-order valence-electron chi connectivity index (χ2n) is 11.2. The zero-order valence-corrected chi connectivity index (χ0v) is 25.4. The maximum absolute atomic E-state index is 13.4. The van der Waals surface area contributed by atoms with Gasteiger partial charge in [0.05, 0.1) is 37.3 Å². The van der Waals surface area contributed by atoms with E-state index in [9.17, 15) is 14.4 Å². The molecule has 2 bridgehead atoms. The van der Waals surface area contributed by atoms with E-state index < -0.39 is 18.2 Å². The van der Waals surface area contributed by atoms with Crippen molar-refractivity contribution >= 4 is 52.6 Å². The van der Waals surface area contributed by atoms with Gasteiger partial charge in [-0.05, 0) is 52.4 Å². The highest BCUT2D eigenvalue weighted by Crippen LogP contribution is 2.43. The second kappa shape index (κ2) is 12.6. The summed E-state index contributed by atoms with van der Waals surface area (Å²) in [5.74, 6) is 1.04. The monoisotopic (exact) mass is 612 g/mol. The van der Waals surface area contributed by atoms with Gasteiger partial charge in [-0.2, -0.15) is 4.98 Å². The number of ether oxygens (including phenoxy) is 2. The van der Waals surface area contributed by atoms with Gasteiger partial charge < -0.3 is 41.0 Å². The number of nitrogens with two attached hydrogens (primary N) is 1. The third-order valence-electron chi connectivity index (χ3n) is 8.02. The van der Waals surface area contributed by atoms with Gasteiger partial charge in [0.25, 0.3) is 0 Å². The van der Waals surface area contributed by atoms with Crippen LogP contribution in [0.25, 0.3) is 0 Å². The molecule has 1 aromatic carbocycles. The van der Waals surface area contributed by atoms with Crippen LogP contribution >= 0.6 is 11.6 Å². The number of carbonyl (C=O) groups is 3. The van der Waals surface area contributed by atoms with E-state index >= 15 is 0 Å². The number of nitrogens with zero attached hydrogens (tertiary/aromatic N) is 4. The van der Waals surface area contributed by atoms with E-state index in [0.717, 1.165) is 17.7 Å². The van der Waals surface area contributed by atoms with Crippen LogP contribution in [0.3, 0.4) is 0 Å². The first-order valence-electron chi connectivity index (χ1n) is 14.2. The molecule has 43 heavy (non-hydrogen) atoms. The number of likely N-dealkylation sites (N-methyl/N-ethyl adjacent to an activating group) is 2. The summed E-state index contributed by atoms with van der Waals surface area (Å²) in [7, 11) is 5.17. The van der Waals surface area contributed by atoms with E-state index in [0.29, 0.717) is 41.7 Å². The lowest BCUT2D eigenvalue weighted by Crippen LogP contribution is -2.49. The van der Waals surface area contributed by atoms with Crippen LogP contribution in [-0.2, 0) is 20.7 Å². The van der Waals surface area contributed by atoms with Crippen molar-refractivity contribution in [2.45, 2.75) is 44.4 Å². The van der Waals surface area contributed by atoms with Crippen molar-refractivity contribution in [2.75, 3.05) is 49.8 Å². The summed E-state index contributed by atoms with van der Waals surface area (Å²) < 4.78 is 11.3. The molecule has 2 heterocycles. The molecule has 1 saturated carbocycles. The molecule has 0 radical (unpaired) electrons. The van der Waals surface area contributed by atoms with E-state index in [2.05, 4.69) is 32.0 Å². The lowest BCUT2D eigenvalue weighted by Gasteiger charge is -2.28. The van der Waals surface area contributed by atoms with E-state index in [1.165, 1.54) is 6.20 Å². The summed E-state index contributed by atoms with van der Waals surface area (Å²) in [5.41, 5.74) is 7.49. The van der Waals surface area contributed by atoms with E-state index in [4.69, 9.17) is 26.8 Å². The predicted molar refractivity (Wildman–Crippen MR) is 163 cm³/mol. The number of amides is 3. The van der Waals surface area contributed by atoms with Crippen LogP contribution in [0.4, 0.5) is 27.9 Å². The Morgan fingerprint density at radius 1 is 1.23 bits per heavy atom. The number of aromatic nitrogens is 2. The van der Waals surface area contributed by atoms with Crippen molar-refractivity contribution in [2.24, 2.45) is 17.6 Å². The van der Waals surface area contributed by atoms with E-state index in [1.54, 1.807) is 37.1 Å². The number of methoxy groups -OCH3 is 1. The normalized spacial score (nSPS) is 24.0. The lowest BCUT2D eigenvalue weighted by atomic mass is 9.98. The fourth-order valence-corrected chi connectivity index (χ4v) is 6.36. The van der Waals surface area contributed by atoms with Crippen molar-refractivity contribution in [3.8, 4) is 5.75 Å². The molecule has 1 aliphatic heterocycles. The summed E-state index contributed by atoms with van der Waals surface area (Å²) in [5, 5.41) is 9.77.